The molecule has 3 aromatic heterocycles. The van der Waals surface area contributed by atoms with Crippen LogP contribution in [0, 0.1) is 0 Å². The zero-order valence-corrected chi connectivity index (χ0v) is 20.2. The third kappa shape index (κ3) is 4.62. The van der Waals surface area contributed by atoms with Crippen LogP contribution in [0.5, 0.6) is 5.75 Å². The summed E-state index contributed by atoms with van der Waals surface area (Å²) in [5.74, 6) is 2.68. The summed E-state index contributed by atoms with van der Waals surface area (Å²) < 4.78 is 14.5. The highest BCUT2D eigenvalue weighted by Gasteiger charge is 2.13. The quantitative estimate of drug-likeness (QED) is 0.262. The summed E-state index contributed by atoms with van der Waals surface area (Å²) in [7, 11) is 0. The van der Waals surface area contributed by atoms with Gasteiger partial charge in [0.05, 0.1) is 6.61 Å². The van der Waals surface area contributed by atoms with E-state index in [2.05, 4.69) is 32.9 Å². The van der Waals surface area contributed by atoms with Gasteiger partial charge < -0.3 is 9.15 Å². The van der Waals surface area contributed by atoms with Gasteiger partial charge in [-0.2, -0.15) is 9.50 Å². The average Bonchev–Trinajstić information content (AvgIpc) is 3.53. The number of rotatable bonds is 7. The second kappa shape index (κ2) is 9.33. The van der Waals surface area contributed by atoms with E-state index in [-0.39, 0.29) is 5.56 Å². The van der Waals surface area contributed by atoms with Crippen LogP contribution in [0.25, 0.3) is 33.7 Å². The summed E-state index contributed by atoms with van der Waals surface area (Å²) in [5.41, 5.74) is 1.59. The van der Waals surface area contributed by atoms with E-state index >= 15 is 0 Å². The Hall–Kier alpha value is -3.23. The first-order valence-corrected chi connectivity index (χ1v) is 12.2. The molecule has 3 heterocycles. The van der Waals surface area contributed by atoms with E-state index in [1.807, 2.05) is 60.7 Å². The van der Waals surface area contributed by atoms with E-state index < -0.39 is 0 Å². The second-order valence-corrected chi connectivity index (χ2v) is 9.41. The van der Waals surface area contributed by atoms with Crippen LogP contribution < -0.4 is 14.8 Å². The van der Waals surface area contributed by atoms with Crippen LogP contribution in [0.1, 0.15) is 25.5 Å². The predicted octanol–water partition coefficient (Wildman–Crippen LogP) is 5.57. The molecule has 2 aromatic carbocycles. The number of furan rings is 1. The molecular formula is C25H20BrN3O3S. The molecule has 0 aliphatic heterocycles. The van der Waals surface area contributed by atoms with Crippen molar-refractivity contribution in [2.24, 2.45) is 0 Å². The number of halogens is 1. The Morgan fingerprint density at radius 2 is 1.82 bits per heavy atom. The van der Waals surface area contributed by atoms with Crippen LogP contribution >= 0.6 is 27.3 Å². The number of thiazole rings is 1. The lowest BCUT2D eigenvalue weighted by molar-refractivity contribution is 0.309. The normalized spacial score (nSPS) is 12.0. The van der Waals surface area contributed by atoms with Crippen LogP contribution in [0.4, 0.5) is 0 Å². The van der Waals surface area contributed by atoms with Crippen LogP contribution in [-0.4, -0.2) is 21.2 Å². The van der Waals surface area contributed by atoms with Gasteiger partial charge in [0.2, 0.25) is 4.96 Å². The number of unbranched alkanes of at least 4 members (excludes halogenated alkanes) is 1. The van der Waals surface area contributed by atoms with Gasteiger partial charge in [0, 0.05) is 21.7 Å². The minimum absolute atomic E-state index is 0.213. The molecule has 0 amide bonds. The standard InChI is InChI=1S/C25H20BrN3O3S/c1-2-3-14-31-19-10-6-17(7-11-19)23-27-25-29(28-23)24(30)22(33-25)15-20-12-13-21(32-20)16-4-8-18(26)9-5-16/h4-13,15H,2-3,14H2,1H3. The third-order valence-electron chi connectivity index (χ3n) is 5.09. The van der Waals surface area contributed by atoms with Gasteiger partial charge >= 0.3 is 0 Å². The van der Waals surface area contributed by atoms with Crippen LogP contribution in [0.15, 0.2) is 74.3 Å². The van der Waals surface area contributed by atoms with Gasteiger partial charge in [0.1, 0.15) is 21.8 Å². The number of fused-ring (bicyclic) bond motifs is 1. The van der Waals surface area contributed by atoms with Crippen molar-refractivity contribution in [1.82, 2.24) is 14.6 Å². The zero-order valence-electron chi connectivity index (χ0n) is 17.8. The number of aromatic nitrogens is 3. The highest BCUT2D eigenvalue weighted by molar-refractivity contribution is 9.10. The minimum Gasteiger partial charge on any atom is -0.494 e. The number of nitrogens with zero attached hydrogens (tertiary/aromatic N) is 3. The summed E-state index contributed by atoms with van der Waals surface area (Å²) in [4.78, 5) is 18.0. The molecule has 0 aliphatic carbocycles. The van der Waals surface area contributed by atoms with E-state index in [1.165, 1.54) is 15.9 Å². The molecule has 0 saturated heterocycles. The van der Waals surface area contributed by atoms with Crippen molar-refractivity contribution in [3.05, 3.63) is 85.8 Å². The van der Waals surface area contributed by atoms with Crippen molar-refractivity contribution in [3.8, 4) is 28.5 Å². The molecule has 0 bridgehead atoms. The highest BCUT2D eigenvalue weighted by atomic mass is 79.9. The van der Waals surface area contributed by atoms with Crippen LogP contribution in [-0.2, 0) is 0 Å². The fraction of sp³-hybridized carbons (Fsp3) is 0.160. The maximum atomic E-state index is 12.9. The molecule has 0 fully saturated rings. The molecule has 166 valence electrons. The largest absolute Gasteiger partial charge is 0.494 e. The summed E-state index contributed by atoms with van der Waals surface area (Å²) in [6, 6.07) is 19.2. The Balaban J connectivity index is 1.39. The van der Waals surface area contributed by atoms with E-state index in [4.69, 9.17) is 9.15 Å². The molecule has 6 nitrogen and oxygen atoms in total. The molecule has 0 saturated carbocycles. The van der Waals surface area contributed by atoms with Crippen molar-refractivity contribution < 1.29 is 9.15 Å². The first-order chi connectivity index (χ1) is 16.1. The third-order valence-corrected chi connectivity index (χ3v) is 6.58. The summed E-state index contributed by atoms with van der Waals surface area (Å²) in [5, 5.41) is 4.42. The van der Waals surface area contributed by atoms with Gasteiger partial charge in [-0.3, -0.25) is 4.79 Å². The maximum Gasteiger partial charge on any atom is 0.291 e. The topological polar surface area (TPSA) is 69.6 Å². The van der Waals surface area contributed by atoms with Crippen molar-refractivity contribution >= 4 is 38.3 Å². The Labute approximate surface area is 202 Å². The fourth-order valence-electron chi connectivity index (χ4n) is 3.32. The Morgan fingerprint density at radius 1 is 1.06 bits per heavy atom. The molecule has 5 aromatic rings. The van der Waals surface area contributed by atoms with Gasteiger partial charge in [0.25, 0.3) is 5.56 Å². The summed E-state index contributed by atoms with van der Waals surface area (Å²) >= 11 is 4.72. The van der Waals surface area contributed by atoms with Gasteiger partial charge in [-0.1, -0.05) is 52.7 Å². The van der Waals surface area contributed by atoms with E-state index in [0.29, 0.717) is 27.7 Å². The fourth-order valence-corrected chi connectivity index (χ4v) is 4.47. The summed E-state index contributed by atoms with van der Waals surface area (Å²) in [6.07, 6.45) is 3.85. The zero-order chi connectivity index (χ0) is 22.8. The number of benzene rings is 2. The van der Waals surface area contributed by atoms with Gasteiger partial charge in [0.15, 0.2) is 5.82 Å². The molecule has 0 atom stereocenters. The lowest BCUT2D eigenvalue weighted by atomic mass is 10.2. The molecule has 0 N–H and O–H groups in total. The molecule has 8 heteroatoms. The van der Waals surface area contributed by atoms with E-state index in [9.17, 15) is 4.79 Å². The summed E-state index contributed by atoms with van der Waals surface area (Å²) in [6.45, 7) is 2.83. The number of hydrogen-bond acceptors (Lipinski definition) is 6. The lowest BCUT2D eigenvalue weighted by Crippen LogP contribution is -2.23. The Kier molecular flexibility index (Phi) is 6.11. The van der Waals surface area contributed by atoms with Crippen molar-refractivity contribution in [2.45, 2.75) is 19.8 Å². The van der Waals surface area contributed by atoms with Crippen molar-refractivity contribution in [1.29, 1.82) is 0 Å². The van der Waals surface area contributed by atoms with Crippen LogP contribution in [0.3, 0.4) is 0 Å². The molecular weight excluding hydrogens is 502 g/mol. The van der Waals surface area contributed by atoms with E-state index in [1.54, 1.807) is 6.08 Å². The second-order valence-electron chi connectivity index (χ2n) is 7.48. The highest BCUT2D eigenvalue weighted by Crippen LogP contribution is 2.24. The molecule has 5 rings (SSSR count). The lowest BCUT2D eigenvalue weighted by Gasteiger charge is -2.05. The van der Waals surface area contributed by atoms with Crippen molar-refractivity contribution in [2.75, 3.05) is 6.61 Å². The monoisotopic (exact) mass is 521 g/mol. The van der Waals surface area contributed by atoms with Crippen LogP contribution in [0.2, 0.25) is 0 Å². The van der Waals surface area contributed by atoms with E-state index in [0.717, 1.165) is 40.0 Å². The molecule has 33 heavy (non-hydrogen) atoms. The van der Waals surface area contributed by atoms with Crippen molar-refractivity contribution in [3.63, 3.8) is 0 Å². The SMILES string of the molecule is CCCCOc1ccc(-c2nc3sc(=Cc4ccc(-c5ccc(Br)cc5)o4)c(=O)n3n2)cc1. The minimum atomic E-state index is -0.213. The first kappa shape index (κ1) is 21.6. The molecule has 0 spiro atoms. The average molecular weight is 522 g/mol. The molecule has 0 aliphatic rings. The predicted molar refractivity (Wildman–Crippen MR) is 134 cm³/mol. The maximum absolute atomic E-state index is 12.9. The Morgan fingerprint density at radius 3 is 2.55 bits per heavy atom. The number of hydrogen-bond donors (Lipinski definition) is 0. The first-order valence-electron chi connectivity index (χ1n) is 10.6. The molecule has 0 radical (unpaired) electrons. The van der Waals surface area contributed by atoms with Gasteiger partial charge in [-0.15, -0.1) is 5.10 Å². The molecule has 0 unspecified atom stereocenters. The van der Waals surface area contributed by atoms with Gasteiger partial charge in [-0.05, 0) is 55.0 Å². The van der Waals surface area contributed by atoms with Gasteiger partial charge in [-0.25, -0.2) is 0 Å². The Bertz CT molecular complexity index is 1500. The smallest absolute Gasteiger partial charge is 0.291 e. The number of ether oxygens (including phenoxy) is 1.